The van der Waals surface area contributed by atoms with Gasteiger partial charge in [-0.1, -0.05) is 12.1 Å². The summed E-state index contributed by atoms with van der Waals surface area (Å²) in [4.78, 5) is 30.4. The zero-order valence-corrected chi connectivity index (χ0v) is 20.4. The SMILES string of the molecule is CCOC(=O)c1ccc(S(=O)(=O)N2CCN(C(=O)NCCCn3cnc4ccccc43)CC2)cc1. The molecule has 1 fully saturated rings. The third kappa shape index (κ3) is 5.63. The molecule has 0 bridgehead atoms. The fraction of sp³-hybridized carbons (Fsp3) is 0.375. The Bertz CT molecular complexity index is 1280. The van der Waals surface area contributed by atoms with E-state index in [-0.39, 0.29) is 30.6 Å². The van der Waals surface area contributed by atoms with Gasteiger partial charge in [0.15, 0.2) is 0 Å². The Hall–Kier alpha value is -3.44. The minimum absolute atomic E-state index is 0.107. The van der Waals surface area contributed by atoms with E-state index < -0.39 is 16.0 Å². The van der Waals surface area contributed by atoms with Crippen LogP contribution in [0.5, 0.6) is 0 Å². The Morgan fingerprint density at radius 2 is 1.74 bits per heavy atom. The Balaban J connectivity index is 1.24. The maximum absolute atomic E-state index is 13.0. The maximum atomic E-state index is 13.0. The molecule has 0 aliphatic carbocycles. The van der Waals surface area contributed by atoms with Gasteiger partial charge in [0, 0.05) is 39.3 Å². The molecule has 0 saturated carbocycles. The number of carbonyl (C=O) groups excluding carboxylic acids is 2. The number of fused-ring (bicyclic) bond motifs is 1. The van der Waals surface area contributed by atoms with E-state index in [0.29, 0.717) is 25.2 Å². The molecule has 2 heterocycles. The highest BCUT2D eigenvalue weighted by Crippen LogP contribution is 2.19. The number of aromatic nitrogens is 2. The molecule has 11 heteroatoms. The number of aryl methyl sites for hydroxylation is 1. The summed E-state index contributed by atoms with van der Waals surface area (Å²) in [6.07, 6.45) is 2.55. The number of imidazole rings is 1. The van der Waals surface area contributed by atoms with Crippen LogP contribution in [0.15, 0.2) is 59.8 Å². The van der Waals surface area contributed by atoms with Crippen molar-refractivity contribution in [2.24, 2.45) is 0 Å². The van der Waals surface area contributed by atoms with E-state index in [4.69, 9.17) is 4.74 Å². The van der Waals surface area contributed by atoms with Crippen LogP contribution < -0.4 is 5.32 Å². The van der Waals surface area contributed by atoms with Crippen LogP contribution in [0.1, 0.15) is 23.7 Å². The first-order valence-electron chi connectivity index (χ1n) is 11.6. The van der Waals surface area contributed by atoms with Crippen LogP contribution in [0.3, 0.4) is 0 Å². The van der Waals surface area contributed by atoms with E-state index in [1.165, 1.54) is 28.6 Å². The van der Waals surface area contributed by atoms with Crippen molar-refractivity contribution in [3.05, 3.63) is 60.4 Å². The number of carbonyl (C=O) groups is 2. The van der Waals surface area contributed by atoms with Gasteiger partial charge in [-0.15, -0.1) is 0 Å². The third-order valence-corrected chi connectivity index (χ3v) is 7.82. The Morgan fingerprint density at radius 3 is 2.46 bits per heavy atom. The van der Waals surface area contributed by atoms with Crippen LogP contribution in [0, 0.1) is 0 Å². The first-order valence-corrected chi connectivity index (χ1v) is 13.0. The highest BCUT2D eigenvalue weighted by atomic mass is 32.2. The van der Waals surface area contributed by atoms with Gasteiger partial charge in [0.05, 0.1) is 34.4 Å². The van der Waals surface area contributed by atoms with Gasteiger partial charge in [-0.3, -0.25) is 0 Å². The molecule has 0 spiro atoms. The summed E-state index contributed by atoms with van der Waals surface area (Å²) in [5.74, 6) is -0.491. The number of amides is 2. The number of para-hydroxylation sites is 2. The molecule has 2 amide bonds. The van der Waals surface area contributed by atoms with Gasteiger partial charge in [-0.05, 0) is 49.7 Å². The predicted octanol–water partition coefficient (Wildman–Crippen LogP) is 2.32. The lowest BCUT2D eigenvalue weighted by atomic mass is 10.2. The summed E-state index contributed by atoms with van der Waals surface area (Å²) >= 11 is 0. The van der Waals surface area contributed by atoms with Crippen molar-refractivity contribution in [1.29, 1.82) is 0 Å². The summed E-state index contributed by atoms with van der Waals surface area (Å²) in [5.41, 5.74) is 2.31. The lowest BCUT2D eigenvalue weighted by molar-refractivity contribution is 0.0526. The van der Waals surface area contributed by atoms with Crippen molar-refractivity contribution in [3.63, 3.8) is 0 Å². The number of urea groups is 1. The van der Waals surface area contributed by atoms with Crippen molar-refractivity contribution in [2.75, 3.05) is 39.3 Å². The molecule has 10 nitrogen and oxygen atoms in total. The second-order valence-electron chi connectivity index (χ2n) is 8.15. The predicted molar refractivity (Wildman–Crippen MR) is 130 cm³/mol. The Labute approximate surface area is 204 Å². The summed E-state index contributed by atoms with van der Waals surface area (Å²) in [7, 11) is -3.72. The number of sulfonamides is 1. The first-order chi connectivity index (χ1) is 16.9. The topological polar surface area (TPSA) is 114 Å². The van der Waals surface area contributed by atoms with E-state index >= 15 is 0 Å². The monoisotopic (exact) mass is 499 g/mol. The standard InChI is InChI=1S/C24H29N5O5S/c1-2-34-23(30)19-8-10-20(11-9-19)35(32,33)29-16-14-27(15-17-29)24(31)25-12-5-13-28-18-26-21-6-3-4-7-22(21)28/h3-4,6-11,18H,2,5,12-17H2,1H3,(H,25,31). The van der Waals surface area contributed by atoms with E-state index in [1.54, 1.807) is 18.2 Å². The largest absolute Gasteiger partial charge is 0.462 e. The second kappa shape index (κ2) is 10.9. The van der Waals surface area contributed by atoms with Crippen LogP contribution in [-0.2, 0) is 21.3 Å². The highest BCUT2D eigenvalue weighted by Gasteiger charge is 2.30. The summed E-state index contributed by atoms with van der Waals surface area (Å²) < 4.78 is 34.3. The van der Waals surface area contributed by atoms with Gasteiger partial charge in [-0.25, -0.2) is 23.0 Å². The number of nitrogens with zero attached hydrogens (tertiary/aromatic N) is 4. The normalized spacial score (nSPS) is 14.7. The average Bonchev–Trinajstić information content (AvgIpc) is 3.30. The summed E-state index contributed by atoms with van der Waals surface area (Å²) in [5, 5.41) is 2.92. The number of hydrogen-bond donors (Lipinski definition) is 1. The van der Waals surface area contributed by atoms with Crippen LogP contribution in [0.2, 0.25) is 0 Å². The molecule has 1 aromatic heterocycles. The molecule has 1 saturated heterocycles. The van der Waals surface area contributed by atoms with E-state index in [1.807, 2.05) is 24.3 Å². The van der Waals surface area contributed by atoms with E-state index in [2.05, 4.69) is 14.9 Å². The molecule has 1 aliphatic rings. The molecule has 0 radical (unpaired) electrons. The minimum Gasteiger partial charge on any atom is -0.462 e. The van der Waals surface area contributed by atoms with Gasteiger partial charge in [0.1, 0.15) is 0 Å². The fourth-order valence-corrected chi connectivity index (χ4v) is 5.43. The first kappa shape index (κ1) is 24.7. The third-order valence-electron chi connectivity index (χ3n) is 5.91. The molecule has 0 atom stereocenters. The highest BCUT2D eigenvalue weighted by molar-refractivity contribution is 7.89. The van der Waals surface area contributed by atoms with Gasteiger partial charge in [0.25, 0.3) is 0 Å². The molecular weight excluding hydrogens is 470 g/mol. The Morgan fingerprint density at radius 1 is 1.03 bits per heavy atom. The molecule has 1 aliphatic heterocycles. The Kier molecular flexibility index (Phi) is 7.67. The van der Waals surface area contributed by atoms with Crippen molar-refractivity contribution in [2.45, 2.75) is 24.8 Å². The van der Waals surface area contributed by atoms with Gasteiger partial charge in [0.2, 0.25) is 10.0 Å². The summed E-state index contributed by atoms with van der Waals surface area (Å²) in [6.45, 7) is 4.22. The van der Waals surface area contributed by atoms with E-state index in [9.17, 15) is 18.0 Å². The fourth-order valence-electron chi connectivity index (χ4n) is 4.00. The number of hydrogen-bond acceptors (Lipinski definition) is 6. The number of benzene rings is 2. The molecule has 2 aromatic carbocycles. The van der Waals surface area contributed by atoms with Crippen LogP contribution in [0.4, 0.5) is 4.79 Å². The molecule has 35 heavy (non-hydrogen) atoms. The van der Waals surface area contributed by atoms with E-state index in [0.717, 1.165) is 24.0 Å². The second-order valence-corrected chi connectivity index (χ2v) is 10.1. The van der Waals surface area contributed by atoms with Crippen LogP contribution in [0.25, 0.3) is 11.0 Å². The number of nitrogens with one attached hydrogen (secondary N) is 1. The molecule has 186 valence electrons. The van der Waals surface area contributed by atoms with Gasteiger partial charge < -0.3 is 19.5 Å². The molecule has 3 aromatic rings. The zero-order chi connectivity index (χ0) is 24.8. The summed E-state index contributed by atoms with van der Waals surface area (Å²) in [6, 6.07) is 13.4. The van der Waals surface area contributed by atoms with Gasteiger partial charge >= 0.3 is 12.0 Å². The van der Waals surface area contributed by atoms with Crippen molar-refractivity contribution in [3.8, 4) is 0 Å². The number of esters is 1. The minimum atomic E-state index is -3.72. The number of rotatable bonds is 8. The van der Waals surface area contributed by atoms with Gasteiger partial charge in [-0.2, -0.15) is 4.31 Å². The lowest BCUT2D eigenvalue weighted by Gasteiger charge is -2.34. The molecule has 0 unspecified atom stereocenters. The molecular formula is C24H29N5O5S. The van der Waals surface area contributed by atoms with Crippen LogP contribution in [-0.4, -0.2) is 78.5 Å². The zero-order valence-electron chi connectivity index (χ0n) is 19.6. The number of piperazine rings is 1. The van der Waals surface area contributed by atoms with Crippen molar-refractivity contribution in [1.82, 2.24) is 24.1 Å². The lowest BCUT2D eigenvalue weighted by Crippen LogP contribution is -2.53. The maximum Gasteiger partial charge on any atom is 0.338 e. The van der Waals surface area contributed by atoms with Crippen molar-refractivity contribution >= 4 is 33.1 Å². The molecule has 1 N–H and O–H groups in total. The quantitative estimate of drug-likeness (QED) is 0.376. The van der Waals surface area contributed by atoms with Crippen LogP contribution >= 0.6 is 0 Å². The number of ether oxygens (including phenoxy) is 1. The smallest absolute Gasteiger partial charge is 0.338 e. The molecule has 4 rings (SSSR count). The van der Waals surface area contributed by atoms with Crippen molar-refractivity contribution < 1.29 is 22.7 Å². The average molecular weight is 500 g/mol.